The summed E-state index contributed by atoms with van der Waals surface area (Å²) in [7, 11) is 0. The Morgan fingerprint density at radius 1 is 1.58 bits per heavy atom. The molecule has 12 heavy (non-hydrogen) atoms. The summed E-state index contributed by atoms with van der Waals surface area (Å²) in [5, 5.41) is 21.8. The van der Waals surface area contributed by atoms with Crippen molar-refractivity contribution in [1.82, 2.24) is 20.6 Å². The van der Waals surface area contributed by atoms with Crippen molar-refractivity contribution < 1.29 is 4.79 Å². The van der Waals surface area contributed by atoms with E-state index >= 15 is 0 Å². The van der Waals surface area contributed by atoms with Crippen LogP contribution in [-0.2, 0) is 10.2 Å². The fourth-order valence-electron chi connectivity index (χ4n) is 1.27. The van der Waals surface area contributed by atoms with Gasteiger partial charge >= 0.3 is 0 Å². The highest BCUT2D eigenvalue weighted by atomic mass is 16.1. The molecule has 0 atom stereocenters. The van der Waals surface area contributed by atoms with Gasteiger partial charge in [0.25, 0.3) is 0 Å². The lowest BCUT2D eigenvalue weighted by Gasteiger charge is -2.29. The van der Waals surface area contributed by atoms with Crippen molar-refractivity contribution in [3.63, 3.8) is 0 Å². The zero-order valence-corrected chi connectivity index (χ0v) is 6.11. The molecule has 1 aromatic rings. The lowest BCUT2D eigenvalue weighted by molar-refractivity contribution is -0.126. The number of aromatic nitrogens is 4. The van der Waals surface area contributed by atoms with Gasteiger partial charge in [-0.05, 0) is 0 Å². The van der Waals surface area contributed by atoms with E-state index in [0.29, 0.717) is 5.82 Å². The van der Waals surface area contributed by atoms with Crippen LogP contribution in [0.3, 0.4) is 0 Å². The third-order valence-corrected chi connectivity index (χ3v) is 1.99. The van der Waals surface area contributed by atoms with Gasteiger partial charge in [-0.3, -0.25) is 4.79 Å². The van der Waals surface area contributed by atoms with Crippen LogP contribution in [0, 0.1) is 11.3 Å². The zero-order valence-electron chi connectivity index (χ0n) is 6.11. The molecular formula is C6H5N5O. The van der Waals surface area contributed by atoms with Crippen LogP contribution in [-0.4, -0.2) is 26.4 Å². The molecule has 0 amide bonds. The summed E-state index contributed by atoms with van der Waals surface area (Å²) in [6.07, 6.45) is 0.423. The predicted molar refractivity (Wildman–Crippen MR) is 35.7 cm³/mol. The quantitative estimate of drug-likeness (QED) is 0.592. The van der Waals surface area contributed by atoms with Gasteiger partial charge in [0.15, 0.2) is 5.82 Å². The average molecular weight is 163 g/mol. The molecule has 0 radical (unpaired) electrons. The van der Waals surface area contributed by atoms with Crippen LogP contribution in [0.15, 0.2) is 0 Å². The number of nitrogens with one attached hydrogen (secondary N) is 1. The minimum atomic E-state index is -0.802. The number of hydrogen-bond donors (Lipinski definition) is 1. The first-order valence-corrected chi connectivity index (χ1v) is 3.44. The Labute approximate surface area is 67.6 Å². The number of rotatable bonds is 1. The molecule has 60 valence electrons. The fraction of sp³-hybridized carbons (Fsp3) is 0.500. The molecule has 1 heterocycles. The molecule has 0 aliphatic heterocycles. The van der Waals surface area contributed by atoms with Crippen molar-refractivity contribution in [3.8, 4) is 6.07 Å². The third kappa shape index (κ3) is 0.733. The number of hydrogen-bond acceptors (Lipinski definition) is 5. The lowest BCUT2D eigenvalue weighted by Crippen LogP contribution is -2.41. The zero-order chi connectivity index (χ0) is 8.60. The maximum absolute atomic E-state index is 10.7. The Morgan fingerprint density at radius 3 is 2.75 bits per heavy atom. The first kappa shape index (κ1) is 6.91. The summed E-state index contributed by atoms with van der Waals surface area (Å²) in [5.41, 5.74) is -0.802. The van der Waals surface area contributed by atoms with E-state index in [1.165, 1.54) is 0 Å². The molecule has 0 unspecified atom stereocenters. The van der Waals surface area contributed by atoms with Crippen LogP contribution >= 0.6 is 0 Å². The largest absolute Gasteiger partial charge is 0.300 e. The van der Waals surface area contributed by atoms with Crippen LogP contribution in [0.4, 0.5) is 0 Å². The molecule has 1 fully saturated rings. The van der Waals surface area contributed by atoms with Gasteiger partial charge in [-0.1, -0.05) is 5.21 Å². The molecule has 1 N–H and O–H groups in total. The molecule has 0 saturated heterocycles. The highest BCUT2D eigenvalue weighted by Gasteiger charge is 2.48. The monoisotopic (exact) mass is 163 g/mol. The van der Waals surface area contributed by atoms with Gasteiger partial charge in [0.2, 0.25) is 0 Å². The van der Waals surface area contributed by atoms with Crippen molar-refractivity contribution in [2.45, 2.75) is 18.3 Å². The van der Waals surface area contributed by atoms with Gasteiger partial charge < -0.3 is 0 Å². The maximum atomic E-state index is 10.7. The Morgan fingerprint density at radius 2 is 2.33 bits per heavy atom. The van der Waals surface area contributed by atoms with Crippen LogP contribution < -0.4 is 0 Å². The van der Waals surface area contributed by atoms with Gasteiger partial charge in [-0.25, -0.2) is 0 Å². The topological polar surface area (TPSA) is 95.3 Å². The molecular weight excluding hydrogens is 158 g/mol. The van der Waals surface area contributed by atoms with E-state index in [0.717, 1.165) is 0 Å². The number of H-pyrrole nitrogens is 1. The molecule has 1 aromatic heterocycles. The molecule has 6 heteroatoms. The van der Waals surface area contributed by atoms with Gasteiger partial charge in [0.1, 0.15) is 11.2 Å². The number of carbonyl (C=O) groups is 1. The molecule has 6 nitrogen and oxygen atoms in total. The van der Waals surface area contributed by atoms with Crippen LogP contribution in [0.1, 0.15) is 18.7 Å². The number of tetrazole rings is 1. The second kappa shape index (κ2) is 2.11. The number of carbonyl (C=O) groups excluding carboxylic acids is 1. The summed E-state index contributed by atoms with van der Waals surface area (Å²) in [5.74, 6) is 0.394. The number of aromatic amines is 1. The van der Waals surface area contributed by atoms with Crippen LogP contribution in [0.5, 0.6) is 0 Å². The molecule has 0 spiro atoms. The summed E-state index contributed by atoms with van der Waals surface area (Å²) in [4.78, 5) is 10.7. The van der Waals surface area contributed by atoms with E-state index in [9.17, 15) is 4.79 Å². The minimum Gasteiger partial charge on any atom is -0.300 e. The standard InChI is InChI=1S/C6H5N5O/c7-3-6(1-4(12)2-6)5-8-10-11-9-5/h1-2H2,(H,8,9,10,11). The highest BCUT2D eigenvalue weighted by Crippen LogP contribution is 2.38. The van der Waals surface area contributed by atoms with Crippen molar-refractivity contribution >= 4 is 5.78 Å². The summed E-state index contributed by atoms with van der Waals surface area (Å²) in [6.45, 7) is 0. The van der Waals surface area contributed by atoms with Crippen LogP contribution in [0.2, 0.25) is 0 Å². The molecule has 1 saturated carbocycles. The maximum Gasteiger partial charge on any atom is 0.195 e. The van der Waals surface area contributed by atoms with Gasteiger partial charge in [-0.15, -0.1) is 10.2 Å². The molecule has 1 aliphatic rings. The highest BCUT2D eigenvalue weighted by molar-refractivity contribution is 5.89. The van der Waals surface area contributed by atoms with Crippen LogP contribution in [0.25, 0.3) is 0 Å². The van der Waals surface area contributed by atoms with E-state index in [1.807, 2.05) is 6.07 Å². The van der Waals surface area contributed by atoms with E-state index < -0.39 is 5.41 Å². The Hall–Kier alpha value is -1.77. The van der Waals surface area contributed by atoms with E-state index in [2.05, 4.69) is 20.6 Å². The first-order chi connectivity index (χ1) is 5.77. The van der Waals surface area contributed by atoms with E-state index in [1.54, 1.807) is 0 Å². The third-order valence-electron chi connectivity index (χ3n) is 1.99. The van der Waals surface area contributed by atoms with Gasteiger partial charge in [0, 0.05) is 12.8 Å². The number of nitrogens with zero attached hydrogens (tertiary/aromatic N) is 4. The predicted octanol–water partition coefficient (Wildman–Crippen LogP) is -0.676. The lowest BCUT2D eigenvalue weighted by atomic mass is 9.68. The second-order valence-corrected chi connectivity index (χ2v) is 2.82. The molecule has 1 aliphatic carbocycles. The SMILES string of the molecule is N#CC1(c2nn[nH]n2)CC(=O)C1. The number of nitriles is 1. The van der Waals surface area contributed by atoms with Crippen molar-refractivity contribution in [1.29, 1.82) is 5.26 Å². The fourth-order valence-corrected chi connectivity index (χ4v) is 1.27. The van der Waals surface area contributed by atoms with Gasteiger partial charge in [-0.2, -0.15) is 10.5 Å². The Balaban J connectivity index is 2.34. The second-order valence-electron chi connectivity index (χ2n) is 2.82. The van der Waals surface area contributed by atoms with E-state index in [4.69, 9.17) is 5.26 Å². The van der Waals surface area contributed by atoms with Crippen molar-refractivity contribution in [3.05, 3.63) is 5.82 Å². The normalized spacial score (nSPS) is 19.8. The molecule has 0 bridgehead atoms. The summed E-state index contributed by atoms with van der Waals surface area (Å²) < 4.78 is 0. The Kier molecular flexibility index (Phi) is 1.21. The van der Waals surface area contributed by atoms with E-state index in [-0.39, 0.29) is 18.6 Å². The molecule has 0 aromatic carbocycles. The summed E-state index contributed by atoms with van der Waals surface area (Å²) in [6, 6.07) is 2.04. The first-order valence-electron chi connectivity index (χ1n) is 3.44. The van der Waals surface area contributed by atoms with Crippen molar-refractivity contribution in [2.24, 2.45) is 0 Å². The minimum absolute atomic E-state index is 0.0707. The molecule has 2 rings (SSSR count). The van der Waals surface area contributed by atoms with Crippen molar-refractivity contribution in [2.75, 3.05) is 0 Å². The Bertz CT molecular complexity index is 341. The number of ketones is 1. The number of Topliss-reactive ketones (excluding diaryl/α,β-unsaturated/α-hetero) is 1. The average Bonchev–Trinajstić information content (AvgIpc) is 2.50. The van der Waals surface area contributed by atoms with Gasteiger partial charge in [0.05, 0.1) is 6.07 Å². The summed E-state index contributed by atoms with van der Waals surface area (Å²) >= 11 is 0. The smallest absolute Gasteiger partial charge is 0.195 e.